The Balaban J connectivity index is 2.31. The average Bonchev–Trinajstić information content (AvgIpc) is 2.32. The van der Waals surface area contributed by atoms with Crippen LogP contribution in [0.3, 0.4) is 0 Å². The van der Waals surface area contributed by atoms with E-state index in [1.165, 1.54) is 12.1 Å². The van der Waals surface area contributed by atoms with Gasteiger partial charge in [0.1, 0.15) is 10.3 Å². The van der Waals surface area contributed by atoms with Crippen LogP contribution in [0.2, 0.25) is 15.5 Å². The first kappa shape index (κ1) is 14.1. The van der Waals surface area contributed by atoms with E-state index < -0.39 is 0 Å². The Morgan fingerprint density at radius 3 is 2.42 bits per heavy atom. The van der Waals surface area contributed by atoms with Crippen molar-refractivity contribution in [1.29, 1.82) is 0 Å². The molecule has 0 bridgehead atoms. The van der Waals surface area contributed by atoms with E-state index in [0.29, 0.717) is 11.3 Å². The molecular weight excluding hydrogens is 309 g/mol. The summed E-state index contributed by atoms with van der Waals surface area (Å²) >= 11 is 17.4. The first-order valence-corrected chi connectivity index (χ1v) is 6.36. The molecule has 2 aromatic rings. The monoisotopic (exact) mass is 315 g/mol. The van der Waals surface area contributed by atoms with Crippen LogP contribution < -0.4 is 5.32 Å². The van der Waals surface area contributed by atoms with Gasteiger partial charge in [0.25, 0.3) is 5.91 Å². The molecule has 7 heteroatoms. The molecule has 0 fully saturated rings. The number of hydrogen-bond acceptors (Lipinski definition) is 3. The molecule has 0 radical (unpaired) electrons. The van der Waals surface area contributed by atoms with Gasteiger partial charge in [-0.25, -0.2) is 9.97 Å². The zero-order valence-corrected chi connectivity index (χ0v) is 12.0. The van der Waals surface area contributed by atoms with Crippen LogP contribution >= 0.6 is 34.8 Å². The van der Waals surface area contributed by atoms with E-state index in [1.807, 2.05) is 6.92 Å². The number of rotatable bonds is 2. The molecule has 1 N–H and O–H groups in total. The Bertz CT molecular complexity index is 606. The van der Waals surface area contributed by atoms with Crippen molar-refractivity contribution in [3.05, 3.63) is 51.0 Å². The topological polar surface area (TPSA) is 54.9 Å². The summed E-state index contributed by atoms with van der Waals surface area (Å²) in [6.45, 7) is 1.82. The van der Waals surface area contributed by atoms with Crippen LogP contribution in [0.5, 0.6) is 0 Å². The van der Waals surface area contributed by atoms with E-state index >= 15 is 0 Å². The number of hydrogen-bond donors (Lipinski definition) is 1. The van der Waals surface area contributed by atoms with E-state index in [-0.39, 0.29) is 21.4 Å². The molecule has 0 atom stereocenters. The standard InChI is InChI=1S/C12H8Cl3N3O/c1-6-2-3-16-11(15)10(6)18-12(19)7-4-8(13)17-9(14)5-7/h2-5H,1H3,(H,18,19). The van der Waals surface area contributed by atoms with Crippen molar-refractivity contribution < 1.29 is 4.79 Å². The minimum absolute atomic E-state index is 0.145. The predicted molar refractivity (Wildman–Crippen MR) is 76.2 cm³/mol. The van der Waals surface area contributed by atoms with Crippen LogP contribution in [-0.4, -0.2) is 15.9 Å². The molecule has 0 saturated heterocycles. The number of pyridine rings is 2. The summed E-state index contributed by atoms with van der Waals surface area (Å²) in [6, 6.07) is 4.58. The second-order valence-electron chi connectivity index (χ2n) is 3.75. The molecule has 0 spiro atoms. The molecule has 0 aliphatic carbocycles. The zero-order valence-electron chi connectivity index (χ0n) is 9.75. The maximum absolute atomic E-state index is 12.1. The van der Waals surface area contributed by atoms with Crippen LogP contribution in [0.4, 0.5) is 5.69 Å². The van der Waals surface area contributed by atoms with Crippen molar-refractivity contribution in [2.75, 3.05) is 5.32 Å². The Morgan fingerprint density at radius 2 is 1.84 bits per heavy atom. The lowest BCUT2D eigenvalue weighted by molar-refractivity contribution is 0.102. The summed E-state index contributed by atoms with van der Waals surface area (Å²) in [4.78, 5) is 19.8. The maximum atomic E-state index is 12.1. The van der Waals surface area contributed by atoms with E-state index in [9.17, 15) is 4.79 Å². The number of nitrogens with zero attached hydrogens (tertiary/aromatic N) is 2. The molecule has 1 amide bonds. The predicted octanol–water partition coefficient (Wildman–Crippen LogP) is 4.00. The molecule has 0 aromatic carbocycles. The minimum Gasteiger partial charge on any atom is -0.319 e. The normalized spacial score (nSPS) is 10.3. The van der Waals surface area contributed by atoms with Crippen LogP contribution in [0.15, 0.2) is 24.4 Å². The fourth-order valence-electron chi connectivity index (χ4n) is 1.46. The first-order chi connectivity index (χ1) is 8.97. The molecule has 0 aliphatic rings. The molecule has 2 heterocycles. The molecule has 0 unspecified atom stereocenters. The number of aromatic nitrogens is 2. The van der Waals surface area contributed by atoms with Crippen molar-refractivity contribution in [3.8, 4) is 0 Å². The minimum atomic E-state index is -0.385. The molecule has 0 aliphatic heterocycles. The number of amides is 1. The van der Waals surface area contributed by atoms with E-state index in [0.717, 1.165) is 5.56 Å². The highest BCUT2D eigenvalue weighted by Crippen LogP contribution is 2.24. The molecule has 19 heavy (non-hydrogen) atoms. The van der Waals surface area contributed by atoms with Crippen molar-refractivity contribution in [1.82, 2.24) is 9.97 Å². The number of carbonyl (C=O) groups excluding carboxylic acids is 1. The van der Waals surface area contributed by atoms with Crippen LogP contribution in [0.1, 0.15) is 15.9 Å². The fourth-order valence-corrected chi connectivity index (χ4v) is 2.17. The number of halogens is 3. The third-order valence-corrected chi connectivity index (χ3v) is 3.05. The summed E-state index contributed by atoms with van der Waals surface area (Å²) in [5.74, 6) is -0.385. The lowest BCUT2D eigenvalue weighted by Gasteiger charge is -2.09. The molecule has 4 nitrogen and oxygen atoms in total. The number of anilines is 1. The van der Waals surface area contributed by atoms with E-state index in [4.69, 9.17) is 34.8 Å². The highest BCUT2D eigenvalue weighted by Gasteiger charge is 2.12. The van der Waals surface area contributed by atoms with E-state index in [1.54, 1.807) is 12.3 Å². The third kappa shape index (κ3) is 3.35. The molecule has 98 valence electrons. The molecule has 2 rings (SSSR count). The quantitative estimate of drug-likeness (QED) is 0.852. The molecule has 0 saturated carbocycles. The smallest absolute Gasteiger partial charge is 0.255 e. The van der Waals surface area contributed by atoms with Crippen molar-refractivity contribution in [3.63, 3.8) is 0 Å². The summed E-state index contributed by atoms with van der Waals surface area (Å²) in [5.41, 5.74) is 1.56. The molecular formula is C12H8Cl3N3O. The summed E-state index contributed by atoms with van der Waals surface area (Å²) < 4.78 is 0. The summed E-state index contributed by atoms with van der Waals surface area (Å²) in [6.07, 6.45) is 1.56. The zero-order chi connectivity index (χ0) is 14.0. The van der Waals surface area contributed by atoms with Gasteiger partial charge in [-0.05, 0) is 30.7 Å². The van der Waals surface area contributed by atoms with Crippen molar-refractivity contribution in [2.24, 2.45) is 0 Å². The Kier molecular flexibility index (Phi) is 4.24. The van der Waals surface area contributed by atoms with Crippen molar-refractivity contribution >= 4 is 46.4 Å². The van der Waals surface area contributed by atoms with Gasteiger partial charge in [-0.15, -0.1) is 0 Å². The Labute approximate surface area is 124 Å². The highest BCUT2D eigenvalue weighted by atomic mass is 35.5. The fraction of sp³-hybridized carbons (Fsp3) is 0.0833. The largest absolute Gasteiger partial charge is 0.319 e. The lowest BCUT2D eigenvalue weighted by Crippen LogP contribution is -2.13. The Hall–Kier alpha value is -1.36. The Morgan fingerprint density at radius 1 is 1.21 bits per heavy atom. The van der Waals surface area contributed by atoms with Gasteiger partial charge in [0, 0.05) is 11.8 Å². The third-order valence-electron chi connectivity index (χ3n) is 2.38. The van der Waals surface area contributed by atoms with Crippen LogP contribution in [-0.2, 0) is 0 Å². The van der Waals surface area contributed by atoms with Gasteiger partial charge in [0.05, 0.1) is 5.69 Å². The van der Waals surface area contributed by atoms with Gasteiger partial charge in [0.15, 0.2) is 5.15 Å². The number of nitrogens with one attached hydrogen (secondary N) is 1. The van der Waals surface area contributed by atoms with Crippen LogP contribution in [0, 0.1) is 6.92 Å². The van der Waals surface area contributed by atoms with Gasteiger partial charge < -0.3 is 5.32 Å². The average molecular weight is 317 g/mol. The summed E-state index contributed by atoms with van der Waals surface area (Å²) in [5, 5.41) is 3.18. The van der Waals surface area contributed by atoms with Crippen molar-refractivity contribution in [2.45, 2.75) is 6.92 Å². The van der Waals surface area contributed by atoms with Gasteiger partial charge in [-0.2, -0.15) is 0 Å². The molecule has 2 aromatic heterocycles. The van der Waals surface area contributed by atoms with Gasteiger partial charge in [0.2, 0.25) is 0 Å². The second kappa shape index (κ2) is 5.74. The van der Waals surface area contributed by atoms with Crippen LogP contribution in [0.25, 0.3) is 0 Å². The summed E-state index contributed by atoms with van der Waals surface area (Å²) in [7, 11) is 0. The highest BCUT2D eigenvalue weighted by molar-refractivity contribution is 6.34. The van der Waals surface area contributed by atoms with Gasteiger partial charge in [-0.3, -0.25) is 4.79 Å². The van der Waals surface area contributed by atoms with Gasteiger partial charge >= 0.3 is 0 Å². The first-order valence-electron chi connectivity index (χ1n) is 5.23. The lowest BCUT2D eigenvalue weighted by atomic mass is 10.2. The second-order valence-corrected chi connectivity index (χ2v) is 4.88. The van der Waals surface area contributed by atoms with Gasteiger partial charge in [-0.1, -0.05) is 34.8 Å². The number of carbonyl (C=O) groups is 1. The maximum Gasteiger partial charge on any atom is 0.255 e. The number of aryl methyl sites for hydroxylation is 1. The van der Waals surface area contributed by atoms with E-state index in [2.05, 4.69) is 15.3 Å². The SMILES string of the molecule is Cc1ccnc(Cl)c1NC(=O)c1cc(Cl)nc(Cl)c1.